The molecule has 0 aliphatic carbocycles. The third kappa shape index (κ3) is 7.12. The first-order chi connectivity index (χ1) is 16.9. The fourth-order valence-electron chi connectivity index (χ4n) is 3.23. The molecule has 3 aromatic carbocycles. The average Bonchev–Trinajstić information content (AvgIpc) is 2.81. The number of aliphatic carboxylic acids is 1. The van der Waals surface area contributed by atoms with Crippen LogP contribution in [0.5, 0.6) is 11.5 Å². The summed E-state index contributed by atoms with van der Waals surface area (Å²) in [5.74, 6) is -6.70. The SMILES string of the molecule is Cl.N=C(N)c1ccc(O)c(S(=O)(=O)NCCc2ccc(-c3cc(F)c(F)c(F)c3)cc2OCC(=O)O)c1. The number of hydrogen-bond donors (Lipinski definition) is 5. The Bertz CT molecular complexity index is 1430. The van der Waals surface area contributed by atoms with Gasteiger partial charge in [0.25, 0.3) is 0 Å². The Morgan fingerprint density at radius 1 is 1.03 bits per heavy atom. The fourth-order valence-corrected chi connectivity index (χ4v) is 4.38. The van der Waals surface area contributed by atoms with Gasteiger partial charge in [0.15, 0.2) is 24.1 Å². The second kappa shape index (κ2) is 12.0. The summed E-state index contributed by atoms with van der Waals surface area (Å²) in [6.45, 7) is -0.964. The maximum absolute atomic E-state index is 13.6. The number of nitrogens with two attached hydrogens (primary N) is 1. The average molecular weight is 560 g/mol. The van der Waals surface area contributed by atoms with Crippen molar-refractivity contribution in [1.29, 1.82) is 5.41 Å². The van der Waals surface area contributed by atoms with Gasteiger partial charge in [-0.2, -0.15) is 0 Å². The van der Waals surface area contributed by atoms with E-state index in [0.29, 0.717) is 5.56 Å². The summed E-state index contributed by atoms with van der Waals surface area (Å²) in [5, 5.41) is 26.3. The summed E-state index contributed by atoms with van der Waals surface area (Å²) in [6, 6.07) is 9.10. The highest BCUT2D eigenvalue weighted by Gasteiger charge is 2.20. The number of carbonyl (C=O) groups is 1. The van der Waals surface area contributed by atoms with Crippen molar-refractivity contribution in [3.8, 4) is 22.6 Å². The molecule has 14 heteroatoms. The number of nitrogens with one attached hydrogen (secondary N) is 2. The minimum absolute atomic E-state index is 0. The Morgan fingerprint density at radius 3 is 2.27 bits per heavy atom. The number of halogens is 4. The minimum Gasteiger partial charge on any atom is -0.507 e. The molecule has 0 saturated carbocycles. The molecular formula is C23H21ClF3N3O6S. The van der Waals surface area contributed by atoms with Gasteiger partial charge in [-0.3, -0.25) is 5.41 Å². The zero-order valence-electron chi connectivity index (χ0n) is 18.8. The maximum atomic E-state index is 13.6. The molecule has 9 nitrogen and oxygen atoms in total. The molecule has 0 bridgehead atoms. The van der Waals surface area contributed by atoms with E-state index in [4.69, 9.17) is 21.0 Å². The molecule has 0 heterocycles. The number of sulfonamides is 1. The van der Waals surface area contributed by atoms with E-state index in [2.05, 4.69) is 4.72 Å². The van der Waals surface area contributed by atoms with Crippen molar-refractivity contribution >= 4 is 34.2 Å². The second-order valence-corrected chi connectivity index (χ2v) is 9.24. The minimum atomic E-state index is -4.23. The van der Waals surface area contributed by atoms with Crippen molar-refractivity contribution in [3.63, 3.8) is 0 Å². The first-order valence-electron chi connectivity index (χ1n) is 10.2. The Balaban J connectivity index is 0.00000481. The number of phenolic OH excluding ortho intramolecular Hbond substituents is 1. The van der Waals surface area contributed by atoms with Crippen molar-refractivity contribution < 1.29 is 41.3 Å². The lowest BCUT2D eigenvalue weighted by atomic mass is 10.0. The fraction of sp³-hybridized carbons (Fsp3) is 0.130. The first-order valence-corrected chi connectivity index (χ1v) is 11.7. The van der Waals surface area contributed by atoms with E-state index in [9.17, 15) is 31.5 Å². The smallest absolute Gasteiger partial charge is 0.341 e. The van der Waals surface area contributed by atoms with Crippen LogP contribution in [0, 0.1) is 22.9 Å². The number of rotatable bonds is 10. The summed E-state index contributed by atoms with van der Waals surface area (Å²) >= 11 is 0. The van der Waals surface area contributed by atoms with Gasteiger partial charge in [-0.25, -0.2) is 31.1 Å². The molecule has 3 rings (SSSR count). The van der Waals surface area contributed by atoms with E-state index in [-0.39, 0.29) is 47.8 Å². The van der Waals surface area contributed by atoms with Crippen molar-refractivity contribution in [3.05, 3.63) is 77.1 Å². The molecule has 0 fully saturated rings. The van der Waals surface area contributed by atoms with Gasteiger partial charge in [-0.1, -0.05) is 12.1 Å². The molecule has 6 N–H and O–H groups in total. The van der Waals surface area contributed by atoms with Crippen LogP contribution in [0.4, 0.5) is 13.2 Å². The van der Waals surface area contributed by atoms with Crippen LogP contribution >= 0.6 is 12.4 Å². The number of benzene rings is 3. The van der Waals surface area contributed by atoms with E-state index >= 15 is 0 Å². The number of carboxylic acid groups (broad SMARTS) is 1. The number of aromatic hydroxyl groups is 1. The van der Waals surface area contributed by atoms with Crippen LogP contribution in [0.15, 0.2) is 53.4 Å². The number of phenols is 1. The summed E-state index contributed by atoms with van der Waals surface area (Å²) < 4.78 is 73.4. The monoisotopic (exact) mass is 559 g/mol. The van der Waals surface area contributed by atoms with Crippen LogP contribution in [-0.4, -0.2) is 43.6 Å². The van der Waals surface area contributed by atoms with Crippen LogP contribution in [-0.2, 0) is 21.2 Å². The summed E-state index contributed by atoms with van der Waals surface area (Å²) in [5.41, 5.74) is 5.98. The van der Waals surface area contributed by atoms with E-state index in [1.54, 1.807) is 0 Å². The zero-order chi connectivity index (χ0) is 26.6. The van der Waals surface area contributed by atoms with E-state index in [1.165, 1.54) is 24.3 Å². The molecule has 0 unspecified atom stereocenters. The van der Waals surface area contributed by atoms with Gasteiger partial charge < -0.3 is 20.7 Å². The highest BCUT2D eigenvalue weighted by atomic mass is 35.5. The lowest BCUT2D eigenvalue weighted by Crippen LogP contribution is -2.26. The van der Waals surface area contributed by atoms with Crippen molar-refractivity contribution in [1.82, 2.24) is 4.72 Å². The number of hydrogen-bond acceptors (Lipinski definition) is 6. The number of carboxylic acids is 1. The van der Waals surface area contributed by atoms with Crippen LogP contribution < -0.4 is 15.2 Å². The van der Waals surface area contributed by atoms with E-state index in [0.717, 1.165) is 24.3 Å². The van der Waals surface area contributed by atoms with Gasteiger partial charge >= 0.3 is 5.97 Å². The van der Waals surface area contributed by atoms with Crippen LogP contribution in [0.3, 0.4) is 0 Å². The molecule has 0 spiro atoms. The zero-order valence-corrected chi connectivity index (χ0v) is 20.4. The molecule has 0 amide bonds. The van der Waals surface area contributed by atoms with Crippen LogP contribution in [0.25, 0.3) is 11.1 Å². The Kier molecular flexibility index (Phi) is 9.50. The Labute approximate surface area is 215 Å². The van der Waals surface area contributed by atoms with Gasteiger partial charge in [0, 0.05) is 12.1 Å². The molecule has 198 valence electrons. The molecule has 0 aliphatic rings. The summed E-state index contributed by atoms with van der Waals surface area (Å²) in [6.07, 6.45) is -0.00619. The molecule has 0 atom stereocenters. The number of nitrogen functional groups attached to an aromatic ring is 1. The molecule has 0 radical (unpaired) electrons. The highest BCUT2D eigenvalue weighted by molar-refractivity contribution is 7.89. The van der Waals surface area contributed by atoms with Gasteiger partial charge in [-0.05, 0) is 59.5 Å². The molecule has 0 aromatic heterocycles. The predicted octanol–water partition coefficient (Wildman–Crippen LogP) is 3.17. The third-order valence-corrected chi connectivity index (χ3v) is 6.47. The number of ether oxygens (including phenoxy) is 1. The number of amidine groups is 1. The van der Waals surface area contributed by atoms with E-state index < -0.39 is 56.5 Å². The summed E-state index contributed by atoms with van der Waals surface area (Å²) in [7, 11) is -4.23. The maximum Gasteiger partial charge on any atom is 0.341 e. The van der Waals surface area contributed by atoms with E-state index in [1.807, 2.05) is 0 Å². The lowest BCUT2D eigenvalue weighted by molar-refractivity contribution is -0.139. The van der Waals surface area contributed by atoms with Crippen molar-refractivity contribution in [2.45, 2.75) is 11.3 Å². The molecule has 0 aliphatic heterocycles. The van der Waals surface area contributed by atoms with Crippen molar-refractivity contribution in [2.75, 3.05) is 13.2 Å². The normalized spacial score (nSPS) is 11.0. The predicted molar refractivity (Wildman–Crippen MR) is 130 cm³/mol. The van der Waals surface area contributed by atoms with Gasteiger partial charge in [0.05, 0.1) is 0 Å². The Hall–Kier alpha value is -3.81. The van der Waals surface area contributed by atoms with Gasteiger partial charge in [-0.15, -0.1) is 12.4 Å². The standard InChI is InChI=1S/C23H20F3N3O6S.ClH/c24-16-7-15(8-17(25)22(16)26)13-2-1-12(19(9-13)35-11-21(31)32)5-6-29-36(33,34)20-10-14(23(27)28)3-4-18(20)30;/h1-4,7-10,29-30H,5-6,11H2,(H3,27,28)(H,31,32);1H. The van der Waals surface area contributed by atoms with Crippen molar-refractivity contribution in [2.24, 2.45) is 5.73 Å². The summed E-state index contributed by atoms with van der Waals surface area (Å²) in [4.78, 5) is 10.5. The quantitative estimate of drug-likeness (QED) is 0.145. The molecule has 37 heavy (non-hydrogen) atoms. The first kappa shape index (κ1) is 29.4. The highest BCUT2D eigenvalue weighted by Crippen LogP contribution is 2.30. The van der Waals surface area contributed by atoms with Gasteiger partial charge in [0.2, 0.25) is 10.0 Å². The Morgan fingerprint density at radius 2 is 1.68 bits per heavy atom. The van der Waals surface area contributed by atoms with Gasteiger partial charge in [0.1, 0.15) is 22.2 Å². The molecular weight excluding hydrogens is 539 g/mol. The molecule has 0 saturated heterocycles. The largest absolute Gasteiger partial charge is 0.507 e. The van der Waals surface area contributed by atoms with Crippen LogP contribution in [0.2, 0.25) is 0 Å². The second-order valence-electron chi connectivity index (χ2n) is 7.50. The molecule has 3 aromatic rings. The lowest BCUT2D eigenvalue weighted by Gasteiger charge is -2.14. The van der Waals surface area contributed by atoms with Crippen LogP contribution in [0.1, 0.15) is 11.1 Å². The third-order valence-electron chi connectivity index (χ3n) is 4.98. The topological polar surface area (TPSA) is 163 Å².